The number of fused-ring (bicyclic) bond motifs is 8. The minimum Gasteiger partial charge on any atom is -0.308 e. The molecule has 244 valence electrons. The van der Waals surface area contributed by atoms with Crippen LogP contribution in [0.5, 0.6) is 0 Å². The zero-order valence-electron chi connectivity index (χ0n) is 28.7. The van der Waals surface area contributed by atoms with Gasteiger partial charge in [-0.05, 0) is 125 Å². The van der Waals surface area contributed by atoms with E-state index in [1.165, 1.54) is 93.4 Å². The van der Waals surface area contributed by atoms with Crippen LogP contribution in [-0.2, 0) is 0 Å². The second-order valence-corrected chi connectivity index (χ2v) is 14.1. The van der Waals surface area contributed by atoms with Gasteiger partial charge >= 0.3 is 0 Å². The van der Waals surface area contributed by atoms with Crippen LogP contribution in [0.1, 0.15) is 0 Å². The maximum atomic E-state index is 7.97. The molecule has 0 spiro atoms. The van der Waals surface area contributed by atoms with E-state index in [2.05, 4.69) is 191 Å². The Balaban J connectivity index is 1.08. The molecule has 0 bridgehead atoms. The fourth-order valence-electron chi connectivity index (χ4n) is 8.41. The molecule has 2 nitrogen and oxygen atoms in total. The van der Waals surface area contributed by atoms with E-state index in [1.807, 2.05) is 0 Å². The molecular formula is C51H30N2. The predicted molar refractivity (Wildman–Crippen MR) is 224 cm³/mol. The van der Waals surface area contributed by atoms with Crippen molar-refractivity contribution in [3.8, 4) is 44.5 Å². The zero-order valence-corrected chi connectivity index (χ0v) is 28.7. The summed E-state index contributed by atoms with van der Waals surface area (Å²) < 4.78 is 2.44. The Kier molecular flexibility index (Phi) is 6.35. The molecule has 0 fully saturated rings. The first kappa shape index (κ1) is 29.5. The van der Waals surface area contributed by atoms with Gasteiger partial charge < -0.3 is 4.40 Å². The lowest BCUT2D eigenvalue weighted by atomic mass is 9.97. The van der Waals surface area contributed by atoms with Crippen LogP contribution in [0.15, 0.2) is 182 Å². The first-order chi connectivity index (χ1) is 26.2. The topological polar surface area (TPSA) is 8.77 Å². The van der Waals surface area contributed by atoms with Crippen LogP contribution in [0.2, 0.25) is 0 Å². The molecule has 0 atom stereocenters. The van der Waals surface area contributed by atoms with Gasteiger partial charge in [0.25, 0.3) is 0 Å². The molecule has 9 aromatic carbocycles. The smallest absolute Gasteiger partial charge is 0.188 e. The molecule has 0 saturated carbocycles. The van der Waals surface area contributed by atoms with Crippen LogP contribution < -0.4 is 0 Å². The Bertz CT molecular complexity index is 3030. The van der Waals surface area contributed by atoms with Crippen LogP contribution in [-0.4, -0.2) is 4.40 Å². The third-order valence-corrected chi connectivity index (χ3v) is 11.1. The first-order valence-corrected chi connectivity index (χ1v) is 18.0. The van der Waals surface area contributed by atoms with Crippen LogP contribution in [0.4, 0.5) is 5.69 Å². The number of hydrogen-bond acceptors (Lipinski definition) is 0. The number of rotatable bonds is 4. The van der Waals surface area contributed by atoms with Crippen molar-refractivity contribution in [2.24, 2.45) is 0 Å². The van der Waals surface area contributed by atoms with Crippen LogP contribution in [0, 0.1) is 6.57 Å². The Hall–Kier alpha value is -7.21. The van der Waals surface area contributed by atoms with Crippen molar-refractivity contribution < 1.29 is 0 Å². The van der Waals surface area contributed by atoms with Crippen molar-refractivity contribution in [3.05, 3.63) is 193 Å². The van der Waals surface area contributed by atoms with E-state index in [9.17, 15) is 0 Å². The van der Waals surface area contributed by atoms with Gasteiger partial charge in [-0.15, -0.1) is 0 Å². The average molecular weight is 671 g/mol. The molecule has 2 heterocycles. The summed E-state index contributed by atoms with van der Waals surface area (Å²) in [6, 6.07) is 65.8. The molecule has 0 N–H and O–H groups in total. The quantitative estimate of drug-likeness (QED) is 0.165. The third-order valence-electron chi connectivity index (χ3n) is 11.1. The van der Waals surface area contributed by atoms with Crippen molar-refractivity contribution in [2.45, 2.75) is 0 Å². The summed E-state index contributed by atoms with van der Waals surface area (Å²) in [4.78, 5) is 3.92. The minimum atomic E-state index is 0.670. The summed E-state index contributed by atoms with van der Waals surface area (Å²) in [6.07, 6.45) is 0. The summed E-state index contributed by atoms with van der Waals surface area (Å²) in [7, 11) is 0. The van der Waals surface area contributed by atoms with Crippen molar-refractivity contribution >= 4 is 65.3 Å². The first-order valence-electron chi connectivity index (χ1n) is 18.0. The fraction of sp³-hybridized carbons (Fsp3) is 0. The fourth-order valence-corrected chi connectivity index (χ4v) is 8.41. The van der Waals surface area contributed by atoms with E-state index in [4.69, 9.17) is 6.57 Å². The zero-order chi connectivity index (χ0) is 35.0. The van der Waals surface area contributed by atoms with Gasteiger partial charge in [0.05, 0.1) is 23.1 Å². The van der Waals surface area contributed by atoms with Crippen LogP contribution in [0.25, 0.3) is 109 Å². The third kappa shape index (κ3) is 4.65. The Morgan fingerprint density at radius 2 is 0.698 bits per heavy atom. The molecule has 11 rings (SSSR count). The largest absolute Gasteiger partial charge is 0.308 e. The van der Waals surface area contributed by atoms with Gasteiger partial charge in [-0.25, -0.2) is 4.85 Å². The molecule has 0 aliphatic rings. The standard InChI is InChI=1S/C51H30N2/c1-52-44-30-47-45-26-40-22-20-38(36-16-12-34(13-17-36)32-8-4-2-5-9-32)24-42(40)28-49(45)53-50-29-43-25-39(21-23-41(43)27-46(50)48(31-44)51(47)53)37-18-14-35(15-19-37)33-10-6-3-7-11-33/h2-31H. The second-order valence-electron chi connectivity index (χ2n) is 14.1. The summed E-state index contributed by atoms with van der Waals surface area (Å²) >= 11 is 0. The number of benzene rings is 9. The van der Waals surface area contributed by atoms with E-state index in [0.717, 1.165) is 10.8 Å². The monoisotopic (exact) mass is 670 g/mol. The maximum Gasteiger partial charge on any atom is 0.188 e. The van der Waals surface area contributed by atoms with Gasteiger partial charge in [0, 0.05) is 10.8 Å². The summed E-state index contributed by atoms with van der Waals surface area (Å²) in [5.74, 6) is 0. The lowest BCUT2D eigenvalue weighted by Crippen LogP contribution is -1.85. The maximum absolute atomic E-state index is 7.97. The molecule has 2 aromatic heterocycles. The van der Waals surface area contributed by atoms with Crippen LogP contribution >= 0.6 is 0 Å². The molecule has 2 heteroatoms. The van der Waals surface area contributed by atoms with Crippen molar-refractivity contribution in [2.75, 3.05) is 0 Å². The van der Waals surface area contributed by atoms with E-state index >= 15 is 0 Å². The number of aromatic nitrogens is 1. The molecule has 11 aromatic rings. The van der Waals surface area contributed by atoms with Crippen molar-refractivity contribution in [1.82, 2.24) is 4.40 Å². The lowest BCUT2D eigenvalue weighted by molar-refractivity contribution is 1.38. The molecule has 0 aliphatic carbocycles. The summed E-state index contributed by atoms with van der Waals surface area (Å²) in [5.41, 5.74) is 13.8. The van der Waals surface area contributed by atoms with Crippen molar-refractivity contribution in [1.29, 1.82) is 0 Å². The highest BCUT2D eigenvalue weighted by molar-refractivity contribution is 6.27. The number of hydrogen-bond donors (Lipinski definition) is 0. The van der Waals surface area contributed by atoms with Gasteiger partial charge in [0.2, 0.25) is 0 Å². The number of nitrogens with zero attached hydrogens (tertiary/aromatic N) is 2. The molecular weight excluding hydrogens is 641 g/mol. The average Bonchev–Trinajstić information content (AvgIpc) is 3.72. The van der Waals surface area contributed by atoms with E-state index < -0.39 is 0 Å². The van der Waals surface area contributed by atoms with Gasteiger partial charge in [0.15, 0.2) is 5.69 Å². The Morgan fingerprint density at radius 1 is 0.321 bits per heavy atom. The minimum absolute atomic E-state index is 0.670. The van der Waals surface area contributed by atoms with Crippen LogP contribution in [0.3, 0.4) is 0 Å². The van der Waals surface area contributed by atoms with E-state index in [1.54, 1.807) is 0 Å². The van der Waals surface area contributed by atoms with Gasteiger partial charge in [-0.3, -0.25) is 0 Å². The molecule has 0 amide bonds. The highest BCUT2D eigenvalue weighted by Gasteiger charge is 2.20. The molecule has 0 unspecified atom stereocenters. The van der Waals surface area contributed by atoms with E-state index in [0.29, 0.717) is 5.69 Å². The van der Waals surface area contributed by atoms with E-state index in [-0.39, 0.29) is 0 Å². The highest BCUT2D eigenvalue weighted by atomic mass is 14.9. The molecule has 53 heavy (non-hydrogen) atoms. The van der Waals surface area contributed by atoms with Gasteiger partial charge in [-0.2, -0.15) is 0 Å². The Labute approximate surface area is 306 Å². The summed E-state index contributed by atoms with van der Waals surface area (Å²) in [6.45, 7) is 7.97. The molecule has 0 aliphatic heterocycles. The second kappa shape index (κ2) is 11.4. The van der Waals surface area contributed by atoms with Gasteiger partial charge in [-0.1, -0.05) is 133 Å². The molecule has 0 radical (unpaired) electrons. The normalized spacial score (nSPS) is 11.8. The molecule has 0 saturated heterocycles. The van der Waals surface area contributed by atoms with Crippen molar-refractivity contribution in [3.63, 3.8) is 0 Å². The van der Waals surface area contributed by atoms with Gasteiger partial charge in [0.1, 0.15) is 0 Å². The highest BCUT2D eigenvalue weighted by Crippen LogP contribution is 2.44. The SMILES string of the molecule is [C-]#[N+]c1cc2c3cc4ccc(-c5ccc(-c6ccccc6)cc5)cc4cc3n3c4cc5cc(-c6ccc(-c7ccccc7)cc6)ccc5cc4c(c1)c23. The summed E-state index contributed by atoms with van der Waals surface area (Å²) in [5, 5.41) is 9.40. The predicted octanol–water partition coefficient (Wildman–Crippen LogP) is 14.4. The Morgan fingerprint density at radius 3 is 1.11 bits per heavy atom. The lowest BCUT2D eigenvalue weighted by Gasteiger charge is -2.08.